The van der Waals surface area contributed by atoms with E-state index in [1.807, 2.05) is 36.4 Å². The number of rotatable bonds is 6. The molecule has 2 aromatic rings. The monoisotopic (exact) mass is 338 g/mol. The van der Waals surface area contributed by atoms with Crippen molar-refractivity contribution in [1.82, 2.24) is 10.2 Å². The molecule has 1 amide bonds. The summed E-state index contributed by atoms with van der Waals surface area (Å²) in [6.07, 6.45) is 0.492. The number of carbonyl (C=O) groups excluding carboxylic acids is 1. The van der Waals surface area contributed by atoms with Crippen LogP contribution in [0.1, 0.15) is 23.5 Å². The van der Waals surface area contributed by atoms with Gasteiger partial charge in [0.2, 0.25) is 5.91 Å². The topological polar surface area (TPSA) is 41.6 Å². The Hall–Kier alpha value is -2.17. The molecule has 4 heteroatoms. The van der Waals surface area contributed by atoms with Crippen molar-refractivity contribution in [3.63, 3.8) is 0 Å². The molecule has 0 bridgehead atoms. The summed E-state index contributed by atoms with van der Waals surface area (Å²) >= 11 is 0. The van der Waals surface area contributed by atoms with Crippen LogP contribution in [0.15, 0.2) is 60.7 Å². The van der Waals surface area contributed by atoms with Gasteiger partial charge in [-0.2, -0.15) is 0 Å². The number of ether oxygens (including phenoxy) is 1. The molecule has 0 spiro atoms. The van der Waals surface area contributed by atoms with E-state index in [9.17, 15) is 4.79 Å². The first-order valence-corrected chi connectivity index (χ1v) is 8.78. The Kier molecular flexibility index (Phi) is 5.84. The number of likely N-dealkylation sites (N-methyl/N-ethyl adjacent to an activating group) is 1. The molecule has 132 valence electrons. The molecule has 0 aromatic heterocycles. The second-order valence-corrected chi connectivity index (χ2v) is 6.75. The van der Waals surface area contributed by atoms with E-state index < -0.39 is 0 Å². The van der Waals surface area contributed by atoms with Gasteiger partial charge >= 0.3 is 0 Å². The molecule has 2 aromatic carbocycles. The number of carbonyl (C=O) groups is 1. The highest BCUT2D eigenvalue weighted by Gasteiger charge is 2.32. The summed E-state index contributed by atoms with van der Waals surface area (Å²) in [5.41, 5.74) is 2.33. The maximum atomic E-state index is 12.7. The number of nitrogens with zero attached hydrogens (tertiary/aromatic N) is 1. The van der Waals surface area contributed by atoms with Gasteiger partial charge in [-0.1, -0.05) is 60.7 Å². The third kappa shape index (κ3) is 4.47. The number of amides is 1. The average Bonchev–Trinajstić information content (AvgIpc) is 3.00. The highest BCUT2D eigenvalue weighted by atomic mass is 16.5. The van der Waals surface area contributed by atoms with Crippen LogP contribution in [0.5, 0.6) is 0 Å². The summed E-state index contributed by atoms with van der Waals surface area (Å²) in [7, 11) is 3.76. The molecule has 4 nitrogen and oxygen atoms in total. The van der Waals surface area contributed by atoms with E-state index in [0.29, 0.717) is 6.42 Å². The zero-order valence-corrected chi connectivity index (χ0v) is 14.9. The molecule has 1 saturated heterocycles. The van der Waals surface area contributed by atoms with Crippen molar-refractivity contribution in [2.45, 2.75) is 24.5 Å². The Morgan fingerprint density at radius 1 is 1.08 bits per heavy atom. The highest BCUT2D eigenvalue weighted by Crippen LogP contribution is 2.28. The molecule has 3 rings (SSSR count). The fourth-order valence-corrected chi connectivity index (χ4v) is 3.59. The van der Waals surface area contributed by atoms with E-state index in [4.69, 9.17) is 4.74 Å². The van der Waals surface area contributed by atoms with Gasteiger partial charge in [0.15, 0.2) is 0 Å². The van der Waals surface area contributed by atoms with Crippen molar-refractivity contribution in [1.29, 1.82) is 0 Å². The van der Waals surface area contributed by atoms with Crippen molar-refractivity contribution in [2.75, 3.05) is 27.2 Å². The lowest BCUT2D eigenvalue weighted by molar-refractivity contribution is -0.122. The number of hydrogen-bond acceptors (Lipinski definition) is 3. The van der Waals surface area contributed by atoms with Gasteiger partial charge < -0.3 is 15.0 Å². The van der Waals surface area contributed by atoms with Gasteiger partial charge in [-0.05, 0) is 18.2 Å². The molecule has 25 heavy (non-hydrogen) atoms. The normalized spacial score (nSPS) is 20.8. The zero-order valence-electron chi connectivity index (χ0n) is 14.9. The Morgan fingerprint density at radius 2 is 1.64 bits per heavy atom. The van der Waals surface area contributed by atoms with Gasteiger partial charge in [-0.3, -0.25) is 4.79 Å². The second kappa shape index (κ2) is 8.28. The molecular weight excluding hydrogens is 312 g/mol. The molecule has 1 fully saturated rings. The molecular formula is C21H26N2O2. The molecule has 1 aliphatic heterocycles. The van der Waals surface area contributed by atoms with Crippen LogP contribution >= 0.6 is 0 Å². The van der Waals surface area contributed by atoms with Gasteiger partial charge in [0, 0.05) is 32.5 Å². The average molecular weight is 338 g/mol. The number of benzene rings is 2. The summed E-state index contributed by atoms with van der Waals surface area (Å²) in [5.74, 6) is 0.127. The highest BCUT2D eigenvalue weighted by molar-refractivity contribution is 5.78. The third-order valence-electron chi connectivity index (χ3n) is 4.89. The molecule has 1 aliphatic rings. The minimum absolute atomic E-state index is 0.0506. The van der Waals surface area contributed by atoms with Crippen LogP contribution < -0.4 is 5.32 Å². The van der Waals surface area contributed by atoms with E-state index in [0.717, 1.165) is 24.2 Å². The Morgan fingerprint density at radius 3 is 2.16 bits per heavy atom. The van der Waals surface area contributed by atoms with Gasteiger partial charge in [-0.15, -0.1) is 0 Å². The fourth-order valence-electron chi connectivity index (χ4n) is 3.59. The number of likely N-dealkylation sites (tertiary alicyclic amines) is 1. The summed E-state index contributed by atoms with van der Waals surface area (Å²) < 4.78 is 5.51. The van der Waals surface area contributed by atoms with Crippen LogP contribution in [-0.4, -0.2) is 50.2 Å². The van der Waals surface area contributed by atoms with Gasteiger partial charge in [0.05, 0.1) is 12.1 Å². The number of nitrogens with one attached hydrogen (secondary N) is 1. The van der Waals surface area contributed by atoms with E-state index >= 15 is 0 Å². The molecule has 0 saturated carbocycles. The number of hydrogen-bond donors (Lipinski definition) is 1. The Bertz CT molecular complexity index is 635. The first-order chi connectivity index (χ1) is 12.2. The molecule has 0 radical (unpaired) electrons. The molecule has 2 atom stereocenters. The van der Waals surface area contributed by atoms with E-state index in [2.05, 4.69) is 41.5 Å². The van der Waals surface area contributed by atoms with Crippen LogP contribution in [-0.2, 0) is 9.53 Å². The van der Waals surface area contributed by atoms with Crippen molar-refractivity contribution in [3.8, 4) is 0 Å². The lowest BCUT2D eigenvalue weighted by atomic mass is 9.88. The predicted molar refractivity (Wildman–Crippen MR) is 99.6 cm³/mol. The standard InChI is InChI=1S/C21H26N2O2/c1-23-14-19(20(15-23)25-2)22-21(24)13-18(16-9-5-3-6-10-16)17-11-7-4-8-12-17/h3-12,18-20H,13-15H2,1-2H3,(H,22,24)/t19-,20-/m0/s1. The minimum Gasteiger partial charge on any atom is -0.378 e. The minimum atomic E-state index is 0.0506. The Balaban J connectivity index is 1.73. The lowest BCUT2D eigenvalue weighted by Crippen LogP contribution is -2.44. The number of methoxy groups -OCH3 is 1. The van der Waals surface area contributed by atoms with Crippen LogP contribution in [0.25, 0.3) is 0 Å². The maximum Gasteiger partial charge on any atom is 0.221 e. The second-order valence-electron chi connectivity index (χ2n) is 6.75. The molecule has 0 aliphatic carbocycles. The first-order valence-electron chi connectivity index (χ1n) is 8.78. The van der Waals surface area contributed by atoms with Gasteiger partial charge in [0.25, 0.3) is 0 Å². The van der Waals surface area contributed by atoms with Crippen molar-refractivity contribution in [3.05, 3.63) is 71.8 Å². The van der Waals surface area contributed by atoms with Crippen molar-refractivity contribution >= 4 is 5.91 Å². The van der Waals surface area contributed by atoms with Crippen molar-refractivity contribution in [2.24, 2.45) is 0 Å². The fraction of sp³-hybridized carbons (Fsp3) is 0.381. The maximum absolute atomic E-state index is 12.7. The van der Waals surface area contributed by atoms with Gasteiger partial charge in [0.1, 0.15) is 0 Å². The molecule has 1 N–H and O–H groups in total. The summed E-state index contributed by atoms with van der Waals surface area (Å²) in [6, 6.07) is 20.5. The quantitative estimate of drug-likeness (QED) is 0.880. The molecule has 0 unspecified atom stereocenters. The predicted octanol–water partition coefficient (Wildman–Crippen LogP) is 2.65. The largest absolute Gasteiger partial charge is 0.378 e. The van der Waals surface area contributed by atoms with Crippen LogP contribution in [0.4, 0.5) is 0 Å². The van der Waals surface area contributed by atoms with Crippen molar-refractivity contribution < 1.29 is 9.53 Å². The van der Waals surface area contributed by atoms with Gasteiger partial charge in [-0.25, -0.2) is 0 Å². The van der Waals surface area contributed by atoms with Crippen LogP contribution in [0.3, 0.4) is 0 Å². The SMILES string of the molecule is CO[C@H]1CN(C)C[C@@H]1NC(=O)CC(c1ccccc1)c1ccccc1. The first kappa shape index (κ1) is 17.6. The Labute approximate surface area is 149 Å². The van der Waals surface area contributed by atoms with Crippen LogP contribution in [0, 0.1) is 0 Å². The third-order valence-corrected chi connectivity index (χ3v) is 4.89. The van der Waals surface area contributed by atoms with E-state index in [-0.39, 0.29) is 24.0 Å². The summed E-state index contributed by atoms with van der Waals surface area (Å²) in [4.78, 5) is 14.9. The summed E-state index contributed by atoms with van der Waals surface area (Å²) in [5, 5.41) is 3.17. The van der Waals surface area contributed by atoms with E-state index in [1.54, 1.807) is 7.11 Å². The lowest BCUT2D eigenvalue weighted by Gasteiger charge is -2.22. The van der Waals surface area contributed by atoms with Crippen LogP contribution in [0.2, 0.25) is 0 Å². The smallest absolute Gasteiger partial charge is 0.221 e. The zero-order chi connectivity index (χ0) is 17.6. The molecule has 1 heterocycles. The van der Waals surface area contributed by atoms with E-state index in [1.165, 1.54) is 0 Å². The summed E-state index contributed by atoms with van der Waals surface area (Å²) in [6.45, 7) is 1.67.